The summed E-state index contributed by atoms with van der Waals surface area (Å²) in [5, 5.41) is 14.0. The minimum Gasteiger partial charge on any atom is -0.608 e. The number of anilines is 1. The molecule has 2 amide bonds. The Morgan fingerprint density at radius 3 is 2.35 bits per heavy atom. The van der Waals surface area contributed by atoms with Gasteiger partial charge in [0.1, 0.15) is 6.04 Å². The van der Waals surface area contributed by atoms with Gasteiger partial charge in [-0.25, -0.2) is 10.2 Å². The second-order valence-electron chi connectivity index (χ2n) is 13.3. The molecule has 0 aliphatic carbocycles. The minimum atomic E-state index is -0.969. The van der Waals surface area contributed by atoms with Crippen LogP contribution >= 0.6 is 23.2 Å². The van der Waals surface area contributed by atoms with E-state index in [-0.39, 0.29) is 29.5 Å². The lowest BCUT2D eigenvalue weighted by Gasteiger charge is -2.43. The lowest BCUT2D eigenvalue weighted by Crippen LogP contribution is -3.15. The summed E-state index contributed by atoms with van der Waals surface area (Å²) in [6, 6.07) is 13.7. The van der Waals surface area contributed by atoms with Crippen LogP contribution in [0.25, 0.3) is 0 Å². The average Bonchev–Trinajstić information content (AvgIpc) is 3.24. The lowest BCUT2D eigenvalue weighted by atomic mass is 9.86. The van der Waals surface area contributed by atoms with Crippen LogP contribution in [0.1, 0.15) is 43.2 Å². The first-order valence-electron chi connectivity index (χ1n) is 16.7. The van der Waals surface area contributed by atoms with Crippen molar-refractivity contribution in [2.75, 3.05) is 64.8 Å². The first kappa shape index (κ1) is 33.3. The van der Waals surface area contributed by atoms with Crippen molar-refractivity contribution < 1.29 is 19.5 Å². The van der Waals surface area contributed by atoms with Gasteiger partial charge in [-0.15, -0.1) is 0 Å². The summed E-state index contributed by atoms with van der Waals surface area (Å²) in [5.41, 5.74) is 5.97. The van der Waals surface area contributed by atoms with E-state index < -0.39 is 12.2 Å². The van der Waals surface area contributed by atoms with Crippen molar-refractivity contribution in [1.82, 2.24) is 19.6 Å². The van der Waals surface area contributed by atoms with Crippen LogP contribution in [0, 0.1) is 11.1 Å². The van der Waals surface area contributed by atoms with E-state index in [1.54, 1.807) is 17.0 Å². The molecule has 2 N–H and O–H groups in total. The van der Waals surface area contributed by atoms with E-state index in [0.29, 0.717) is 55.1 Å². The number of fused-ring (bicyclic) bond motifs is 1. The predicted octanol–water partition coefficient (Wildman–Crippen LogP) is 3.72. The summed E-state index contributed by atoms with van der Waals surface area (Å²) in [6.45, 7) is 6.04. The van der Waals surface area contributed by atoms with E-state index in [4.69, 9.17) is 27.9 Å². The third-order valence-electron chi connectivity index (χ3n) is 10.5. The average molecular weight is 674 g/mol. The second-order valence-corrected chi connectivity index (χ2v) is 14.2. The fraction of sp³-hybridized carbons (Fsp3) is 0.588. The Labute approximate surface area is 282 Å². The zero-order valence-corrected chi connectivity index (χ0v) is 28.1. The highest BCUT2D eigenvalue weighted by Gasteiger charge is 2.37. The van der Waals surface area contributed by atoms with Crippen molar-refractivity contribution >= 4 is 40.9 Å². The van der Waals surface area contributed by atoms with Crippen LogP contribution in [-0.2, 0) is 22.4 Å². The van der Waals surface area contributed by atoms with Crippen LogP contribution in [0.4, 0.5) is 10.5 Å². The summed E-state index contributed by atoms with van der Waals surface area (Å²) in [6.07, 6.45) is 4.14. The molecule has 250 valence electrons. The number of halogens is 2. The molecule has 2 unspecified atom stereocenters. The van der Waals surface area contributed by atoms with Crippen LogP contribution in [0.2, 0.25) is 10.0 Å². The molecule has 12 heteroatoms. The molecule has 3 atom stereocenters. The molecule has 0 aromatic heterocycles. The van der Waals surface area contributed by atoms with Crippen molar-refractivity contribution in [2.24, 2.45) is 5.92 Å². The number of hydrogen-bond donors (Lipinski definition) is 2. The number of nitrogens with one attached hydrogen (secondary N) is 2. The normalized spacial score (nSPS) is 24.5. The van der Waals surface area contributed by atoms with Gasteiger partial charge >= 0.3 is 6.09 Å². The number of ether oxygens (including phenoxy) is 1. The fourth-order valence-corrected chi connectivity index (χ4v) is 7.91. The first-order valence-corrected chi connectivity index (χ1v) is 17.5. The van der Waals surface area contributed by atoms with Crippen LogP contribution in [0.3, 0.4) is 0 Å². The molecular weight excluding hydrogens is 627 g/mol. The Balaban J connectivity index is 1.06. The highest BCUT2D eigenvalue weighted by Crippen LogP contribution is 2.28. The highest BCUT2D eigenvalue weighted by atomic mass is 35.5. The zero-order chi connectivity index (χ0) is 32.2. The van der Waals surface area contributed by atoms with E-state index in [1.807, 2.05) is 29.2 Å². The van der Waals surface area contributed by atoms with Gasteiger partial charge in [-0.1, -0.05) is 47.5 Å². The topological polar surface area (TPSA) is 95.9 Å². The number of quaternary nitrogens is 1. The molecule has 2 aromatic rings. The van der Waals surface area contributed by atoms with E-state index >= 15 is 0 Å². The Morgan fingerprint density at radius 2 is 1.63 bits per heavy atom. The lowest BCUT2D eigenvalue weighted by molar-refractivity contribution is -0.857. The number of piperazine rings is 1. The molecule has 0 saturated carbocycles. The number of nitrogens with zero attached hydrogens (tertiary/aromatic N) is 4. The number of benzene rings is 2. The number of rotatable bonds is 6. The van der Waals surface area contributed by atoms with Crippen molar-refractivity contribution in [3.05, 3.63) is 68.8 Å². The smallest absolute Gasteiger partial charge is 0.410 e. The highest BCUT2D eigenvalue weighted by molar-refractivity contribution is 6.42. The van der Waals surface area contributed by atoms with Crippen molar-refractivity contribution in [2.45, 2.75) is 63.1 Å². The maximum absolute atomic E-state index is 13.9. The maximum Gasteiger partial charge on any atom is 0.410 e. The van der Waals surface area contributed by atoms with Gasteiger partial charge in [0.05, 0.1) is 15.7 Å². The standard InChI is InChI=1S/C34H46Cl2N6O4/c1-38-14-12-27(13-15-38)39-18-20-40(21-19-39)33(43)32(23-24-6-8-28(35)29(36)22-24)46-34(44)41-16-10-26(11-17-41)31-9-7-25-4-2-3-5-30(25)37-42(31)45/h2-6,8,22,26-27,31-32,37,42H,7,9-21,23H2,1H3/t31?,32-/m1/s1. The van der Waals surface area contributed by atoms with E-state index in [9.17, 15) is 14.8 Å². The number of carbonyl (C=O) groups is 2. The molecule has 0 bridgehead atoms. The van der Waals surface area contributed by atoms with Gasteiger partial charge in [-0.3, -0.25) is 14.9 Å². The quantitative estimate of drug-likeness (QED) is 0.452. The van der Waals surface area contributed by atoms with Gasteiger partial charge in [0.2, 0.25) is 0 Å². The Kier molecular flexibility index (Phi) is 10.9. The van der Waals surface area contributed by atoms with Crippen LogP contribution in [0.5, 0.6) is 0 Å². The Bertz CT molecular complexity index is 1360. The number of amides is 2. The third kappa shape index (κ3) is 7.91. The largest absolute Gasteiger partial charge is 0.608 e. The van der Waals surface area contributed by atoms with Gasteiger partial charge in [0, 0.05) is 64.1 Å². The van der Waals surface area contributed by atoms with E-state index in [1.165, 1.54) is 5.56 Å². The Hall–Kier alpha value is -2.60. The van der Waals surface area contributed by atoms with Crippen LogP contribution < -0.4 is 10.6 Å². The molecule has 10 nitrogen and oxygen atoms in total. The van der Waals surface area contributed by atoms with Crippen LogP contribution in [0.15, 0.2) is 42.5 Å². The molecule has 0 radical (unpaired) electrons. The number of hydroxylamine groups is 1. The minimum absolute atomic E-state index is 0.0641. The predicted molar refractivity (Wildman–Crippen MR) is 180 cm³/mol. The van der Waals surface area contributed by atoms with Gasteiger partial charge in [-0.05, 0) is 81.6 Å². The molecule has 3 saturated heterocycles. The molecule has 4 aliphatic rings. The second kappa shape index (κ2) is 15.1. The van der Waals surface area contributed by atoms with Gasteiger partial charge < -0.3 is 24.6 Å². The van der Waals surface area contributed by atoms with E-state index in [0.717, 1.165) is 63.1 Å². The summed E-state index contributed by atoms with van der Waals surface area (Å²) in [4.78, 5) is 35.9. The zero-order valence-electron chi connectivity index (χ0n) is 26.6. The Morgan fingerprint density at radius 1 is 0.913 bits per heavy atom. The number of piperidine rings is 2. The molecule has 4 aliphatic heterocycles. The van der Waals surface area contributed by atoms with Crippen molar-refractivity contribution in [3.63, 3.8) is 0 Å². The maximum atomic E-state index is 13.9. The fourth-order valence-electron chi connectivity index (χ4n) is 7.59. The molecule has 2 aromatic carbocycles. The summed E-state index contributed by atoms with van der Waals surface area (Å²) >= 11 is 12.4. The number of hydrogen-bond acceptors (Lipinski definition) is 7. The van der Waals surface area contributed by atoms with Gasteiger partial charge in [0.25, 0.3) is 5.91 Å². The number of para-hydroxylation sites is 1. The first-order chi connectivity index (χ1) is 22.2. The monoisotopic (exact) mass is 672 g/mol. The van der Waals surface area contributed by atoms with Crippen LogP contribution in [-0.4, -0.2) is 109 Å². The molecular formula is C34H46Cl2N6O4. The van der Waals surface area contributed by atoms with Crippen molar-refractivity contribution in [3.8, 4) is 0 Å². The third-order valence-corrected chi connectivity index (χ3v) is 11.2. The van der Waals surface area contributed by atoms with Crippen molar-refractivity contribution in [1.29, 1.82) is 0 Å². The van der Waals surface area contributed by atoms with E-state index in [2.05, 4.69) is 28.3 Å². The summed E-state index contributed by atoms with van der Waals surface area (Å²) < 4.78 is 6.02. The molecule has 4 heterocycles. The summed E-state index contributed by atoms with van der Waals surface area (Å²) in [5.74, 6) is 0.0138. The van der Waals surface area contributed by atoms with Gasteiger partial charge in [0.15, 0.2) is 6.10 Å². The molecule has 46 heavy (non-hydrogen) atoms. The molecule has 0 spiro atoms. The number of aryl methyl sites for hydroxylation is 1. The SMILES string of the molecule is CN1CCC(N2CCN(C(=O)[C@@H](Cc3ccc(Cl)c(Cl)c3)OC(=O)N3CCC(C4CCc5ccccc5N[NH+]4[O-])CC3)CC2)CC1. The molecule has 6 rings (SSSR count). The van der Waals surface area contributed by atoms with Gasteiger partial charge in [-0.2, -0.15) is 0 Å². The number of carbonyl (C=O) groups excluding carboxylic acids is 2. The number of likely N-dealkylation sites (tertiary alicyclic amines) is 2. The summed E-state index contributed by atoms with van der Waals surface area (Å²) in [7, 11) is 2.17. The molecule has 3 fully saturated rings.